The number of thiazole rings is 1. The molecule has 17 heavy (non-hydrogen) atoms. The van der Waals surface area contributed by atoms with E-state index in [1.807, 2.05) is 0 Å². The summed E-state index contributed by atoms with van der Waals surface area (Å²) in [6.07, 6.45) is 0. The summed E-state index contributed by atoms with van der Waals surface area (Å²) in [5, 5.41) is 6.61. The number of nitrogens with one attached hydrogen (secondary N) is 1. The van der Waals surface area contributed by atoms with Crippen LogP contribution in [0.25, 0.3) is 11.3 Å². The molecule has 0 atom stereocenters. The number of rotatable bonds is 4. The van der Waals surface area contributed by atoms with Gasteiger partial charge in [0.15, 0.2) is 0 Å². The maximum Gasteiger partial charge on any atom is 0.107 e. The van der Waals surface area contributed by atoms with Crippen LogP contribution in [0.1, 0.15) is 23.1 Å². The molecule has 0 saturated carbocycles. The zero-order chi connectivity index (χ0) is 12.3. The summed E-state index contributed by atoms with van der Waals surface area (Å²) >= 11 is 1.73. The Morgan fingerprint density at radius 1 is 1.29 bits per heavy atom. The SMILES string of the molecule is CCNCc1nc(-c2cc(C)ccc2C)cs1. The van der Waals surface area contributed by atoms with Crippen LogP contribution in [-0.4, -0.2) is 11.5 Å². The van der Waals surface area contributed by atoms with E-state index in [0.717, 1.165) is 23.8 Å². The van der Waals surface area contributed by atoms with Gasteiger partial charge in [-0.2, -0.15) is 0 Å². The van der Waals surface area contributed by atoms with E-state index < -0.39 is 0 Å². The molecule has 0 radical (unpaired) electrons. The van der Waals surface area contributed by atoms with E-state index in [4.69, 9.17) is 0 Å². The minimum atomic E-state index is 0.867. The number of hydrogen-bond acceptors (Lipinski definition) is 3. The van der Waals surface area contributed by atoms with Gasteiger partial charge in [-0.15, -0.1) is 11.3 Å². The molecule has 1 aromatic heterocycles. The van der Waals surface area contributed by atoms with Crippen molar-refractivity contribution in [2.75, 3.05) is 6.54 Å². The fourth-order valence-electron chi connectivity index (χ4n) is 1.76. The number of nitrogens with zero attached hydrogens (tertiary/aromatic N) is 1. The van der Waals surface area contributed by atoms with Gasteiger partial charge in [0.1, 0.15) is 5.01 Å². The molecular formula is C14H18N2S. The third kappa shape index (κ3) is 2.93. The zero-order valence-electron chi connectivity index (χ0n) is 10.6. The molecular weight excluding hydrogens is 228 g/mol. The van der Waals surface area contributed by atoms with Gasteiger partial charge in [0, 0.05) is 17.5 Å². The van der Waals surface area contributed by atoms with Gasteiger partial charge in [-0.05, 0) is 32.0 Å². The molecule has 0 aliphatic heterocycles. The Hall–Kier alpha value is -1.19. The first-order valence-corrected chi connectivity index (χ1v) is 6.81. The Morgan fingerprint density at radius 2 is 2.12 bits per heavy atom. The van der Waals surface area contributed by atoms with E-state index in [1.54, 1.807) is 11.3 Å². The minimum absolute atomic E-state index is 0.867. The van der Waals surface area contributed by atoms with Gasteiger partial charge >= 0.3 is 0 Å². The highest BCUT2D eigenvalue weighted by molar-refractivity contribution is 7.09. The molecule has 2 rings (SSSR count). The maximum atomic E-state index is 4.68. The number of aryl methyl sites for hydroxylation is 2. The predicted molar refractivity (Wildman–Crippen MR) is 74.4 cm³/mol. The van der Waals surface area contributed by atoms with Gasteiger partial charge in [-0.25, -0.2) is 4.98 Å². The van der Waals surface area contributed by atoms with Crippen LogP contribution in [0.4, 0.5) is 0 Å². The number of hydrogen-bond donors (Lipinski definition) is 1. The van der Waals surface area contributed by atoms with Crippen LogP contribution >= 0.6 is 11.3 Å². The average molecular weight is 246 g/mol. The third-order valence-corrected chi connectivity index (χ3v) is 3.60. The summed E-state index contributed by atoms with van der Waals surface area (Å²) in [6.45, 7) is 8.22. The summed E-state index contributed by atoms with van der Waals surface area (Å²) in [4.78, 5) is 4.68. The Bertz CT molecular complexity index is 503. The Labute approximate surface area is 107 Å². The van der Waals surface area contributed by atoms with Crippen molar-refractivity contribution in [3.63, 3.8) is 0 Å². The Kier molecular flexibility index (Phi) is 3.92. The van der Waals surface area contributed by atoms with E-state index in [-0.39, 0.29) is 0 Å². The Balaban J connectivity index is 2.27. The van der Waals surface area contributed by atoms with Crippen LogP contribution in [0, 0.1) is 13.8 Å². The summed E-state index contributed by atoms with van der Waals surface area (Å²) in [5.74, 6) is 0. The second-order valence-electron chi connectivity index (χ2n) is 4.23. The van der Waals surface area contributed by atoms with E-state index in [1.165, 1.54) is 16.7 Å². The molecule has 0 spiro atoms. The lowest BCUT2D eigenvalue weighted by atomic mass is 10.0. The predicted octanol–water partition coefficient (Wildman–Crippen LogP) is 3.54. The topological polar surface area (TPSA) is 24.9 Å². The van der Waals surface area contributed by atoms with Crippen molar-refractivity contribution in [1.82, 2.24) is 10.3 Å². The zero-order valence-corrected chi connectivity index (χ0v) is 11.4. The molecule has 0 unspecified atom stereocenters. The van der Waals surface area contributed by atoms with E-state index in [0.29, 0.717) is 0 Å². The van der Waals surface area contributed by atoms with Crippen molar-refractivity contribution in [2.45, 2.75) is 27.3 Å². The molecule has 0 bridgehead atoms. The van der Waals surface area contributed by atoms with Crippen LogP contribution in [0.5, 0.6) is 0 Å². The van der Waals surface area contributed by atoms with Crippen molar-refractivity contribution in [1.29, 1.82) is 0 Å². The fourth-order valence-corrected chi connectivity index (χ4v) is 2.52. The highest BCUT2D eigenvalue weighted by Gasteiger charge is 2.07. The second kappa shape index (κ2) is 5.43. The highest BCUT2D eigenvalue weighted by Crippen LogP contribution is 2.25. The molecule has 1 heterocycles. The summed E-state index contributed by atoms with van der Waals surface area (Å²) in [6, 6.07) is 6.51. The minimum Gasteiger partial charge on any atom is -0.311 e. The summed E-state index contributed by atoms with van der Waals surface area (Å²) < 4.78 is 0. The lowest BCUT2D eigenvalue weighted by Crippen LogP contribution is -2.11. The van der Waals surface area contributed by atoms with Crippen molar-refractivity contribution in [3.8, 4) is 11.3 Å². The largest absolute Gasteiger partial charge is 0.311 e. The first kappa shape index (κ1) is 12.3. The van der Waals surface area contributed by atoms with Crippen molar-refractivity contribution >= 4 is 11.3 Å². The molecule has 2 nitrogen and oxygen atoms in total. The highest BCUT2D eigenvalue weighted by atomic mass is 32.1. The molecule has 2 aromatic rings. The first-order valence-electron chi connectivity index (χ1n) is 5.93. The molecule has 3 heteroatoms. The van der Waals surface area contributed by atoms with E-state index in [9.17, 15) is 0 Å². The smallest absolute Gasteiger partial charge is 0.107 e. The van der Waals surface area contributed by atoms with Crippen LogP contribution in [0.2, 0.25) is 0 Å². The fraction of sp³-hybridized carbons (Fsp3) is 0.357. The van der Waals surface area contributed by atoms with Gasteiger partial charge in [0.25, 0.3) is 0 Å². The average Bonchev–Trinajstić information content (AvgIpc) is 2.78. The van der Waals surface area contributed by atoms with E-state index in [2.05, 4.69) is 54.7 Å². The number of aromatic nitrogens is 1. The number of benzene rings is 1. The van der Waals surface area contributed by atoms with Gasteiger partial charge in [-0.3, -0.25) is 0 Å². The van der Waals surface area contributed by atoms with Crippen molar-refractivity contribution < 1.29 is 0 Å². The molecule has 1 aromatic carbocycles. The standard InChI is InChI=1S/C14H18N2S/c1-4-15-8-14-16-13(9-17-14)12-7-10(2)5-6-11(12)3/h5-7,9,15H,4,8H2,1-3H3. The van der Waals surface area contributed by atoms with Crippen molar-refractivity contribution in [3.05, 3.63) is 39.7 Å². The molecule has 1 N–H and O–H groups in total. The van der Waals surface area contributed by atoms with Crippen molar-refractivity contribution in [2.24, 2.45) is 0 Å². The van der Waals surface area contributed by atoms with Gasteiger partial charge in [0.05, 0.1) is 5.69 Å². The molecule has 0 saturated heterocycles. The Morgan fingerprint density at radius 3 is 2.88 bits per heavy atom. The van der Waals surface area contributed by atoms with Gasteiger partial charge in [0.2, 0.25) is 0 Å². The van der Waals surface area contributed by atoms with E-state index >= 15 is 0 Å². The van der Waals surface area contributed by atoms with Gasteiger partial charge in [-0.1, -0.05) is 24.6 Å². The van der Waals surface area contributed by atoms with Crippen LogP contribution < -0.4 is 5.32 Å². The summed E-state index contributed by atoms with van der Waals surface area (Å²) in [7, 11) is 0. The summed E-state index contributed by atoms with van der Waals surface area (Å²) in [5.41, 5.74) is 4.93. The lowest BCUT2D eigenvalue weighted by molar-refractivity contribution is 0.723. The molecule has 90 valence electrons. The molecule has 0 aliphatic carbocycles. The van der Waals surface area contributed by atoms with Crippen LogP contribution in [-0.2, 0) is 6.54 Å². The molecule has 0 aliphatic rings. The monoisotopic (exact) mass is 246 g/mol. The second-order valence-corrected chi connectivity index (χ2v) is 5.17. The normalized spacial score (nSPS) is 10.8. The van der Waals surface area contributed by atoms with Crippen LogP contribution in [0.3, 0.4) is 0 Å². The first-order chi connectivity index (χ1) is 8.20. The molecule has 0 amide bonds. The van der Waals surface area contributed by atoms with Crippen LogP contribution in [0.15, 0.2) is 23.6 Å². The third-order valence-electron chi connectivity index (χ3n) is 2.75. The molecule has 0 fully saturated rings. The maximum absolute atomic E-state index is 4.68. The van der Waals surface area contributed by atoms with Gasteiger partial charge < -0.3 is 5.32 Å². The lowest BCUT2D eigenvalue weighted by Gasteiger charge is -2.03. The quantitative estimate of drug-likeness (QED) is 0.892.